The van der Waals surface area contributed by atoms with E-state index in [2.05, 4.69) is 26.1 Å². The van der Waals surface area contributed by atoms with Gasteiger partial charge in [0.25, 0.3) is 0 Å². The lowest BCUT2D eigenvalue weighted by atomic mass is 10.0. The molecule has 4 heteroatoms. The second-order valence-corrected chi connectivity index (χ2v) is 5.89. The first kappa shape index (κ1) is 16.0. The van der Waals surface area contributed by atoms with Crippen LogP contribution in [0.3, 0.4) is 0 Å². The first-order valence-electron chi connectivity index (χ1n) is 7.62. The molecule has 0 spiro atoms. The Balaban J connectivity index is 2.54. The third-order valence-electron chi connectivity index (χ3n) is 3.52. The van der Waals surface area contributed by atoms with Gasteiger partial charge in [0.2, 0.25) is 11.8 Å². The highest BCUT2D eigenvalue weighted by Crippen LogP contribution is 2.13. The minimum Gasteiger partial charge on any atom is -0.344 e. The van der Waals surface area contributed by atoms with Gasteiger partial charge in [0, 0.05) is 19.5 Å². The van der Waals surface area contributed by atoms with Gasteiger partial charge >= 0.3 is 0 Å². The van der Waals surface area contributed by atoms with Crippen LogP contribution in [-0.2, 0) is 9.59 Å². The molecule has 1 fully saturated rings. The summed E-state index contributed by atoms with van der Waals surface area (Å²) in [5.41, 5.74) is 0. The van der Waals surface area contributed by atoms with Crippen molar-refractivity contribution in [3.63, 3.8) is 0 Å². The van der Waals surface area contributed by atoms with E-state index < -0.39 is 0 Å². The molecule has 110 valence electrons. The number of unbranched alkanes of at least 4 members (excludes halogenated alkanes) is 1. The quantitative estimate of drug-likeness (QED) is 0.770. The van der Waals surface area contributed by atoms with Gasteiger partial charge < -0.3 is 10.2 Å². The van der Waals surface area contributed by atoms with Crippen LogP contribution in [0.1, 0.15) is 59.3 Å². The van der Waals surface area contributed by atoms with E-state index in [1.807, 2.05) is 4.90 Å². The van der Waals surface area contributed by atoms with Crippen molar-refractivity contribution in [1.82, 2.24) is 10.2 Å². The highest BCUT2D eigenvalue weighted by atomic mass is 16.2. The van der Waals surface area contributed by atoms with E-state index in [-0.39, 0.29) is 17.9 Å². The molecule has 0 aliphatic carbocycles. The van der Waals surface area contributed by atoms with Gasteiger partial charge in [0.15, 0.2) is 0 Å². The molecule has 2 amide bonds. The molecule has 1 aliphatic heterocycles. The topological polar surface area (TPSA) is 49.4 Å². The third kappa shape index (κ3) is 5.62. The monoisotopic (exact) mass is 268 g/mol. The lowest BCUT2D eigenvalue weighted by Crippen LogP contribution is -2.48. The fourth-order valence-electron chi connectivity index (χ4n) is 2.45. The van der Waals surface area contributed by atoms with E-state index in [9.17, 15) is 9.59 Å². The van der Waals surface area contributed by atoms with Gasteiger partial charge in [0.05, 0.1) is 0 Å². The van der Waals surface area contributed by atoms with Gasteiger partial charge in [-0.15, -0.1) is 0 Å². The van der Waals surface area contributed by atoms with E-state index in [4.69, 9.17) is 0 Å². The fraction of sp³-hybridized carbons (Fsp3) is 0.867. The minimum atomic E-state index is -0.331. The highest BCUT2D eigenvalue weighted by molar-refractivity contribution is 5.87. The van der Waals surface area contributed by atoms with Crippen molar-refractivity contribution in [2.75, 3.05) is 13.1 Å². The van der Waals surface area contributed by atoms with Gasteiger partial charge in [-0.2, -0.15) is 0 Å². The fourth-order valence-corrected chi connectivity index (χ4v) is 2.45. The van der Waals surface area contributed by atoms with Crippen molar-refractivity contribution in [2.45, 2.75) is 65.3 Å². The number of carbonyl (C=O) groups excluding carboxylic acids is 2. The molecular weight excluding hydrogens is 240 g/mol. The SMILES string of the molecule is CCCCC(=O)N[C@H](CC(C)C)C(=O)N1CCCC1. The lowest BCUT2D eigenvalue weighted by molar-refractivity contribution is -0.136. The highest BCUT2D eigenvalue weighted by Gasteiger charge is 2.27. The van der Waals surface area contributed by atoms with Crippen molar-refractivity contribution in [1.29, 1.82) is 0 Å². The van der Waals surface area contributed by atoms with E-state index in [1.165, 1.54) is 0 Å². The molecule has 19 heavy (non-hydrogen) atoms. The molecule has 0 unspecified atom stereocenters. The minimum absolute atomic E-state index is 0.0139. The summed E-state index contributed by atoms with van der Waals surface area (Å²) in [6.45, 7) is 7.93. The number of likely N-dealkylation sites (tertiary alicyclic amines) is 1. The first-order chi connectivity index (χ1) is 9.04. The molecule has 0 bridgehead atoms. The first-order valence-corrected chi connectivity index (χ1v) is 7.62. The van der Waals surface area contributed by atoms with Crippen molar-refractivity contribution < 1.29 is 9.59 Å². The third-order valence-corrected chi connectivity index (χ3v) is 3.52. The largest absolute Gasteiger partial charge is 0.344 e. The second kappa shape index (κ2) is 8.18. The summed E-state index contributed by atoms with van der Waals surface area (Å²) in [4.78, 5) is 26.1. The van der Waals surface area contributed by atoms with Crippen molar-refractivity contribution in [3.05, 3.63) is 0 Å². The van der Waals surface area contributed by atoms with Gasteiger partial charge in [-0.1, -0.05) is 27.2 Å². The van der Waals surface area contributed by atoms with Crippen LogP contribution in [0, 0.1) is 5.92 Å². The van der Waals surface area contributed by atoms with Crippen LogP contribution >= 0.6 is 0 Å². The van der Waals surface area contributed by atoms with Crippen LogP contribution < -0.4 is 5.32 Å². The van der Waals surface area contributed by atoms with E-state index in [1.54, 1.807) is 0 Å². The standard InChI is InChI=1S/C15H28N2O2/c1-4-5-8-14(18)16-13(11-12(2)3)15(19)17-9-6-7-10-17/h12-13H,4-11H2,1-3H3,(H,16,18)/t13-/m1/s1. The summed E-state index contributed by atoms with van der Waals surface area (Å²) in [5.74, 6) is 0.527. The van der Waals surface area contributed by atoms with Crippen molar-refractivity contribution in [3.8, 4) is 0 Å². The van der Waals surface area contributed by atoms with Crippen LogP contribution in [-0.4, -0.2) is 35.8 Å². The maximum atomic E-state index is 12.4. The number of nitrogens with one attached hydrogen (secondary N) is 1. The smallest absolute Gasteiger partial charge is 0.245 e. The Morgan fingerprint density at radius 2 is 1.84 bits per heavy atom. The van der Waals surface area contributed by atoms with Crippen LogP contribution in [0.2, 0.25) is 0 Å². The summed E-state index contributed by atoms with van der Waals surface area (Å²) in [5, 5.41) is 2.93. The molecule has 4 nitrogen and oxygen atoms in total. The Hall–Kier alpha value is -1.06. The molecule has 0 radical (unpaired) electrons. The Morgan fingerprint density at radius 1 is 1.21 bits per heavy atom. The van der Waals surface area contributed by atoms with E-state index in [0.29, 0.717) is 12.3 Å². The molecule has 1 rings (SSSR count). The molecule has 1 aliphatic rings. The number of rotatable bonds is 7. The number of amides is 2. The molecular formula is C15H28N2O2. The van der Waals surface area contributed by atoms with Gasteiger partial charge in [-0.25, -0.2) is 0 Å². The zero-order chi connectivity index (χ0) is 14.3. The van der Waals surface area contributed by atoms with E-state index >= 15 is 0 Å². The summed E-state index contributed by atoms with van der Waals surface area (Å²) >= 11 is 0. The maximum absolute atomic E-state index is 12.4. The molecule has 1 heterocycles. The molecule has 0 aromatic rings. The number of hydrogen-bond acceptors (Lipinski definition) is 2. The molecule has 1 N–H and O–H groups in total. The summed E-state index contributed by atoms with van der Waals surface area (Å²) in [6, 6.07) is -0.331. The molecule has 0 saturated carbocycles. The van der Waals surface area contributed by atoms with E-state index in [0.717, 1.165) is 45.2 Å². The second-order valence-electron chi connectivity index (χ2n) is 5.89. The van der Waals surface area contributed by atoms with Crippen LogP contribution in [0.4, 0.5) is 0 Å². The average Bonchev–Trinajstić information content (AvgIpc) is 2.87. The lowest BCUT2D eigenvalue weighted by Gasteiger charge is -2.25. The van der Waals surface area contributed by atoms with Gasteiger partial charge in [-0.3, -0.25) is 9.59 Å². The van der Waals surface area contributed by atoms with Crippen molar-refractivity contribution in [2.24, 2.45) is 5.92 Å². The Bertz CT molecular complexity index is 297. The number of carbonyl (C=O) groups is 2. The molecule has 1 atom stereocenters. The van der Waals surface area contributed by atoms with Crippen molar-refractivity contribution >= 4 is 11.8 Å². The van der Waals surface area contributed by atoms with Crippen LogP contribution in [0.15, 0.2) is 0 Å². The Kier molecular flexibility index (Phi) is 6.89. The summed E-state index contributed by atoms with van der Waals surface area (Å²) in [6.07, 6.45) is 5.32. The molecule has 0 aromatic heterocycles. The number of hydrogen-bond donors (Lipinski definition) is 1. The maximum Gasteiger partial charge on any atom is 0.245 e. The zero-order valence-corrected chi connectivity index (χ0v) is 12.6. The van der Waals surface area contributed by atoms with Crippen LogP contribution in [0.25, 0.3) is 0 Å². The molecule has 1 saturated heterocycles. The predicted octanol–water partition coefficient (Wildman–Crippen LogP) is 2.33. The Labute approximate surface area is 116 Å². The summed E-state index contributed by atoms with van der Waals surface area (Å²) < 4.78 is 0. The normalized spacial score (nSPS) is 16.7. The number of nitrogens with zero attached hydrogens (tertiary/aromatic N) is 1. The average molecular weight is 268 g/mol. The zero-order valence-electron chi connectivity index (χ0n) is 12.6. The molecule has 0 aromatic carbocycles. The van der Waals surface area contributed by atoms with Gasteiger partial charge in [-0.05, 0) is 31.6 Å². The van der Waals surface area contributed by atoms with Gasteiger partial charge in [0.1, 0.15) is 6.04 Å². The van der Waals surface area contributed by atoms with Crippen LogP contribution in [0.5, 0.6) is 0 Å². The Morgan fingerprint density at radius 3 is 2.37 bits per heavy atom. The summed E-state index contributed by atoms with van der Waals surface area (Å²) in [7, 11) is 0. The predicted molar refractivity (Wildman–Crippen MR) is 76.7 cm³/mol.